The van der Waals surface area contributed by atoms with E-state index in [1.807, 2.05) is 36.4 Å². The number of rotatable bonds is 40. The van der Waals surface area contributed by atoms with Gasteiger partial charge in [-0.2, -0.15) is 0 Å². The Morgan fingerprint density at radius 1 is 0.415 bits per heavy atom. The molecule has 11 heteroatoms. The van der Waals surface area contributed by atoms with Crippen LogP contribution in [-0.2, 0) is 51.3 Å². The van der Waals surface area contributed by atoms with Crippen LogP contribution in [0.3, 0.4) is 0 Å². The van der Waals surface area contributed by atoms with Crippen molar-refractivity contribution in [3.05, 3.63) is 71.8 Å². The summed E-state index contributed by atoms with van der Waals surface area (Å²) in [6.07, 6.45) is 27.1. The second kappa shape index (κ2) is 44.3. The first-order valence-corrected chi connectivity index (χ1v) is 25.1. The molecule has 65 heavy (non-hydrogen) atoms. The summed E-state index contributed by atoms with van der Waals surface area (Å²) in [5.74, 6) is -2.40. The molecule has 0 aromatic heterocycles. The number of ether oxygens (including phenoxy) is 4. The number of unbranched alkanes of at least 4 members (excludes halogenated alkanes) is 12. The maximum atomic E-state index is 11.4. The van der Waals surface area contributed by atoms with Gasteiger partial charge >= 0.3 is 60.8 Å². The number of carboxylic acids is 2. The van der Waals surface area contributed by atoms with Crippen LogP contribution in [-0.4, -0.2) is 97.2 Å². The Kier molecular flexibility index (Phi) is 42.8. The molecule has 0 spiro atoms. The average molecular weight is 1030 g/mol. The number of hydrogen-bond donors (Lipinski definition) is 0. The van der Waals surface area contributed by atoms with E-state index in [4.69, 9.17) is 18.9 Å². The number of carbonyl (C=O) groups excluding carboxylic acids is 4. The predicted molar refractivity (Wildman–Crippen MR) is 258 cm³/mol. The average Bonchev–Trinajstić information content (AvgIpc) is 3.26. The predicted octanol–water partition coefficient (Wildman–Crippen LogP) is 11.1. The molecule has 0 amide bonds. The van der Waals surface area contributed by atoms with Crippen molar-refractivity contribution < 1.29 is 48.3 Å². The first-order valence-electron chi connectivity index (χ1n) is 25.1. The van der Waals surface area contributed by atoms with Gasteiger partial charge in [-0.25, -0.2) is 0 Å². The molecule has 10 nitrogen and oxygen atoms in total. The van der Waals surface area contributed by atoms with E-state index in [2.05, 4.69) is 38.1 Å². The largest absolute Gasteiger partial charge is 2.00 e. The maximum absolute atomic E-state index is 11.4. The van der Waals surface area contributed by atoms with E-state index in [1.165, 1.54) is 37.8 Å². The maximum Gasteiger partial charge on any atom is 2.00 e. The molecule has 0 aliphatic rings. The Labute approximate surface area is 434 Å². The number of carboxylic acid groups (broad SMARTS) is 2. The minimum Gasteiger partial charge on any atom is -0.550 e. The van der Waals surface area contributed by atoms with Crippen molar-refractivity contribution >= 4 is 72.8 Å². The molecular weight excluding hydrogens is 946 g/mol. The van der Waals surface area contributed by atoms with E-state index >= 15 is 0 Å². The molecule has 0 N–H and O–H groups in total. The van der Waals surface area contributed by atoms with Crippen LogP contribution >= 0.6 is 0 Å². The van der Waals surface area contributed by atoms with Crippen LogP contribution in [0.25, 0.3) is 0 Å². The fourth-order valence-corrected chi connectivity index (χ4v) is 8.02. The Hall–Kier alpha value is -2.19. The summed E-state index contributed by atoms with van der Waals surface area (Å²) in [6.45, 7) is 8.71. The van der Waals surface area contributed by atoms with Crippen LogP contribution in [0.5, 0.6) is 0 Å². The SMILES string of the molecule is CCCC(CCCCCCC(CCCCCCC(=O)[O-])OC(C)=O)OCc1ccccc1.CCCC(CCCCCCC(CCCCCCC(=O)[O-])OC(C)=O)OCc1ccccc1.[Ba+2]. The summed E-state index contributed by atoms with van der Waals surface area (Å²) in [6, 6.07) is 20.7. The van der Waals surface area contributed by atoms with E-state index in [9.17, 15) is 29.4 Å². The van der Waals surface area contributed by atoms with Crippen LogP contribution in [0.15, 0.2) is 60.7 Å². The van der Waals surface area contributed by atoms with E-state index in [-0.39, 0.29) is 85.9 Å². The second-order valence-electron chi connectivity index (χ2n) is 17.5. The van der Waals surface area contributed by atoms with Gasteiger partial charge in [0.1, 0.15) is 12.2 Å². The summed E-state index contributed by atoms with van der Waals surface area (Å²) >= 11 is 0. The van der Waals surface area contributed by atoms with Gasteiger partial charge in [-0.15, -0.1) is 0 Å². The van der Waals surface area contributed by atoms with E-state index < -0.39 is 11.9 Å². The summed E-state index contributed by atoms with van der Waals surface area (Å²) < 4.78 is 23.3. The fraction of sp³-hybridized carbons (Fsp3) is 0.704. The molecule has 0 aliphatic heterocycles. The Bertz CT molecular complexity index is 1320. The van der Waals surface area contributed by atoms with Crippen molar-refractivity contribution in [2.75, 3.05) is 0 Å². The molecule has 364 valence electrons. The van der Waals surface area contributed by atoms with Crippen molar-refractivity contribution in [3.63, 3.8) is 0 Å². The van der Waals surface area contributed by atoms with Crippen LogP contribution < -0.4 is 10.2 Å². The molecule has 2 aromatic carbocycles. The number of benzene rings is 2. The fourth-order valence-electron chi connectivity index (χ4n) is 8.02. The van der Waals surface area contributed by atoms with Crippen molar-refractivity contribution in [1.82, 2.24) is 0 Å². The molecule has 0 fully saturated rings. The standard InChI is InChI=1S/2C27H44O5.Ba/c2*1-3-15-25(31-22-24-16-9-8-10-17-24)18-11-4-5-12-19-26(32-23(2)28)20-13-6-7-14-21-27(29)30;/h2*8-10,16-17,25-26H,3-7,11-15,18-22H2,1-2H3,(H,29,30);/q;;+2/p-2. The van der Waals surface area contributed by atoms with E-state index in [0.29, 0.717) is 38.3 Å². The third-order valence-electron chi connectivity index (χ3n) is 11.5. The van der Waals surface area contributed by atoms with Gasteiger partial charge in [0.25, 0.3) is 0 Å². The van der Waals surface area contributed by atoms with Crippen molar-refractivity contribution in [2.24, 2.45) is 0 Å². The molecule has 0 heterocycles. The van der Waals surface area contributed by atoms with Gasteiger partial charge in [-0.1, -0.05) is 152 Å². The summed E-state index contributed by atoms with van der Waals surface area (Å²) in [4.78, 5) is 43.7. The van der Waals surface area contributed by atoms with Gasteiger partial charge < -0.3 is 38.7 Å². The third-order valence-corrected chi connectivity index (χ3v) is 11.5. The Morgan fingerprint density at radius 3 is 0.954 bits per heavy atom. The number of hydrogen-bond acceptors (Lipinski definition) is 10. The van der Waals surface area contributed by atoms with E-state index in [0.717, 1.165) is 141 Å². The van der Waals surface area contributed by atoms with Crippen molar-refractivity contribution in [3.8, 4) is 0 Å². The van der Waals surface area contributed by atoms with E-state index in [1.54, 1.807) is 0 Å². The molecule has 0 aliphatic carbocycles. The van der Waals surface area contributed by atoms with Crippen LogP contribution in [0.4, 0.5) is 0 Å². The topological polar surface area (TPSA) is 151 Å². The zero-order valence-corrected chi connectivity index (χ0v) is 45.5. The smallest absolute Gasteiger partial charge is 0.550 e. The monoisotopic (exact) mass is 1030 g/mol. The zero-order chi connectivity index (χ0) is 46.9. The summed E-state index contributed by atoms with van der Waals surface area (Å²) in [7, 11) is 0. The zero-order valence-electron chi connectivity index (χ0n) is 41.1. The first kappa shape index (κ1) is 62.8. The quantitative estimate of drug-likeness (QED) is 0.0358. The number of aliphatic carboxylic acids is 2. The molecule has 0 saturated heterocycles. The molecule has 0 saturated carbocycles. The van der Waals surface area contributed by atoms with Gasteiger partial charge in [0, 0.05) is 25.8 Å². The van der Waals surface area contributed by atoms with Gasteiger partial charge in [-0.3, -0.25) is 9.59 Å². The van der Waals surface area contributed by atoms with Gasteiger partial charge in [0.15, 0.2) is 0 Å². The van der Waals surface area contributed by atoms with Gasteiger partial charge in [-0.05, 0) is 114 Å². The molecule has 2 aromatic rings. The number of esters is 2. The molecule has 0 bridgehead atoms. The molecular formula is C54H86BaO10. The van der Waals surface area contributed by atoms with Crippen LogP contribution in [0.2, 0.25) is 0 Å². The molecule has 4 atom stereocenters. The van der Waals surface area contributed by atoms with Crippen molar-refractivity contribution in [1.29, 1.82) is 0 Å². The molecule has 2 rings (SSSR count). The first-order chi connectivity index (χ1) is 31.0. The minimum absolute atomic E-state index is 0. The normalized spacial score (nSPS) is 12.7. The van der Waals surface area contributed by atoms with Gasteiger partial charge in [0.2, 0.25) is 0 Å². The second-order valence-corrected chi connectivity index (χ2v) is 17.5. The Balaban J connectivity index is 0.00000124. The van der Waals surface area contributed by atoms with Crippen LogP contribution in [0.1, 0.15) is 219 Å². The van der Waals surface area contributed by atoms with Gasteiger partial charge in [0.05, 0.1) is 25.4 Å². The summed E-state index contributed by atoms with van der Waals surface area (Å²) in [5, 5.41) is 20.9. The number of carbonyl (C=O) groups is 4. The minimum atomic E-state index is -0.980. The molecule has 0 radical (unpaired) electrons. The molecule has 4 unspecified atom stereocenters. The van der Waals surface area contributed by atoms with Crippen molar-refractivity contribution in [2.45, 2.75) is 245 Å². The Morgan fingerprint density at radius 2 is 0.692 bits per heavy atom. The third kappa shape index (κ3) is 40.6. The van der Waals surface area contributed by atoms with Crippen LogP contribution in [0, 0.1) is 0 Å². The summed E-state index contributed by atoms with van der Waals surface area (Å²) in [5.41, 5.74) is 2.45.